The molecule has 0 aliphatic rings. The van der Waals surface area contributed by atoms with Crippen molar-refractivity contribution in [2.45, 2.75) is 83.2 Å². The molecule has 0 aromatic heterocycles. The van der Waals surface area contributed by atoms with Crippen molar-refractivity contribution in [3.63, 3.8) is 0 Å². The van der Waals surface area contributed by atoms with E-state index in [0.29, 0.717) is 25.7 Å². The minimum atomic E-state index is -1.48. The molecule has 0 amide bonds. The third-order valence-electron chi connectivity index (χ3n) is 4.01. The van der Waals surface area contributed by atoms with Crippen LogP contribution in [0, 0.1) is 0 Å². The first-order chi connectivity index (χ1) is 11.4. The smallest absolute Gasteiger partial charge is 0.348 e. The van der Waals surface area contributed by atoms with E-state index < -0.39 is 23.5 Å². The molecule has 0 aromatic carbocycles. The highest BCUT2D eigenvalue weighted by molar-refractivity contribution is 5.86. The van der Waals surface area contributed by atoms with Crippen LogP contribution in [0.2, 0.25) is 0 Å². The van der Waals surface area contributed by atoms with E-state index in [4.69, 9.17) is 9.84 Å². The normalized spacial score (nSPS) is 13.0. The van der Waals surface area contributed by atoms with Gasteiger partial charge in [-0.3, -0.25) is 4.79 Å². The van der Waals surface area contributed by atoms with E-state index in [1.165, 1.54) is 0 Å². The van der Waals surface area contributed by atoms with Gasteiger partial charge in [0.05, 0.1) is 0 Å². The summed E-state index contributed by atoms with van der Waals surface area (Å²) in [6, 6.07) is 0. The Morgan fingerprint density at radius 3 is 2.00 bits per heavy atom. The Morgan fingerprint density at radius 2 is 1.50 bits per heavy atom. The van der Waals surface area contributed by atoms with E-state index in [-0.39, 0.29) is 12.8 Å². The van der Waals surface area contributed by atoms with Gasteiger partial charge < -0.3 is 14.9 Å². The molecule has 0 heterocycles. The molecule has 0 spiro atoms. The van der Waals surface area contributed by atoms with Crippen molar-refractivity contribution in [3.8, 4) is 0 Å². The van der Waals surface area contributed by atoms with Gasteiger partial charge in [0.25, 0.3) is 0 Å². The van der Waals surface area contributed by atoms with Gasteiger partial charge in [0.1, 0.15) is 0 Å². The number of carboxylic acids is 2. The van der Waals surface area contributed by atoms with Gasteiger partial charge >= 0.3 is 17.9 Å². The fraction of sp³-hybridized carbons (Fsp3) is 0.722. The highest BCUT2D eigenvalue weighted by atomic mass is 16.6. The molecule has 0 aliphatic heterocycles. The third kappa shape index (κ3) is 9.33. The second kappa shape index (κ2) is 12.6. The molecule has 0 fully saturated rings. The number of unbranched alkanes of at least 4 members (excludes halogenated alkanes) is 6. The van der Waals surface area contributed by atoms with Gasteiger partial charge in [0.15, 0.2) is 0 Å². The van der Waals surface area contributed by atoms with Gasteiger partial charge in [-0.25, -0.2) is 9.59 Å². The highest BCUT2D eigenvalue weighted by Crippen LogP contribution is 2.28. The second-order valence-electron chi connectivity index (χ2n) is 6.04. The fourth-order valence-corrected chi connectivity index (χ4v) is 2.60. The molecule has 1 unspecified atom stereocenters. The summed E-state index contributed by atoms with van der Waals surface area (Å²) in [7, 11) is 0. The van der Waals surface area contributed by atoms with Crippen LogP contribution in [0.3, 0.4) is 0 Å². The molecule has 0 aromatic rings. The second-order valence-corrected chi connectivity index (χ2v) is 6.04. The summed E-state index contributed by atoms with van der Waals surface area (Å²) in [5.74, 6) is -2.62. The van der Waals surface area contributed by atoms with Gasteiger partial charge in [0.2, 0.25) is 5.60 Å². The van der Waals surface area contributed by atoms with Crippen LogP contribution in [-0.4, -0.2) is 33.7 Å². The zero-order valence-electron chi connectivity index (χ0n) is 14.6. The molecule has 0 bridgehead atoms. The Hall–Kier alpha value is -1.85. The first-order valence-corrected chi connectivity index (χ1v) is 8.68. The van der Waals surface area contributed by atoms with Gasteiger partial charge in [-0.15, -0.1) is 0 Å². The summed E-state index contributed by atoms with van der Waals surface area (Å²) in [5, 5.41) is 18.2. The number of carbonyl (C=O) groups is 3. The van der Waals surface area contributed by atoms with Crippen molar-refractivity contribution >= 4 is 17.9 Å². The monoisotopic (exact) mass is 342 g/mol. The maximum atomic E-state index is 11.7. The van der Waals surface area contributed by atoms with Crippen LogP contribution in [0.1, 0.15) is 77.6 Å². The number of aliphatic carboxylic acids is 2. The lowest BCUT2D eigenvalue weighted by Crippen LogP contribution is -2.43. The number of esters is 1. The maximum Gasteiger partial charge on any atom is 0.348 e. The molecule has 6 heteroatoms. The average molecular weight is 342 g/mol. The van der Waals surface area contributed by atoms with E-state index in [1.807, 2.05) is 6.92 Å². The number of hydrogen-bond acceptors (Lipinski definition) is 4. The maximum absolute atomic E-state index is 11.7. The van der Waals surface area contributed by atoms with Crippen LogP contribution < -0.4 is 0 Å². The lowest BCUT2D eigenvalue weighted by atomic mass is 9.89. The molecule has 138 valence electrons. The average Bonchev–Trinajstić information content (AvgIpc) is 2.53. The van der Waals surface area contributed by atoms with Crippen LogP contribution in [0.4, 0.5) is 0 Å². The number of hydrogen-bond donors (Lipinski definition) is 2. The largest absolute Gasteiger partial charge is 0.481 e. The van der Waals surface area contributed by atoms with Gasteiger partial charge in [0, 0.05) is 12.5 Å². The number of rotatable bonds is 15. The summed E-state index contributed by atoms with van der Waals surface area (Å²) in [6.07, 6.45) is 7.92. The third-order valence-corrected chi connectivity index (χ3v) is 4.01. The SMILES string of the molecule is C=CC(=O)OC(CCCCC)(CCCCCCCC(=O)O)C(=O)O. The summed E-state index contributed by atoms with van der Waals surface area (Å²) < 4.78 is 5.22. The van der Waals surface area contributed by atoms with E-state index in [2.05, 4.69) is 6.58 Å². The topological polar surface area (TPSA) is 101 Å². The van der Waals surface area contributed by atoms with E-state index in [1.54, 1.807) is 0 Å². The number of ether oxygens (including phenoxy) is 1. The van der Waals surface area contributed by atoms with Crippen molar-refractivity contribution in [2.75, 3.05) is 0 Å². The number of carbonyl (C=O) groups excluding carboxylic acids is 1. The van der Waals surface area contributed by atoms with E-state index in [0.717, 1.165) is 38.2 Å². The molecule has 24 heavy (non-hydrogen) atoms. The Balaban J connectivity index is 4.50. The van der Waals surface area contributed by atoms with E-state index in [9.17, 15) is 19.5 Å². The van der Waals surface area contributed by atoms with E-state index >= 15 is 0 Å². The molecular formula is C18H30O6. The van der Waals surface area contributed by atoms with Gasteiger partial charge in [-0.1, -0.05) is 45.6 Å². The molecule has 0 aliphatic carbocycles. The van der Waals surface area contributed by atoms with Crippen LogP contribution in [0.15, 0.2) is 12.7 Å². The van der Waals surface area contributed by atoms with Crippen LogP contribution >= 0.6 is 0 Å². The Kier molecular flexibility index (Phi) is 11.6. The van der Waals surface area contributed by atoms with Crippen molar-refractivity contribution in [1.29, 1.82) is 0 Å². The zero-order valence-corrected chi connectivity index (χ0v) is 14.6. The summed E-state index contributed by atoms with van der Waals surface area (Å²) >= 11 is 0. The first kappa shape index (κ1) is 22.1. The first-order valence-electron chi connectivity index (χ1n) is 8.68. The molecule has 1 atom stereocenters. The van der Waals surface area contributed by atoms with Crippen molar-refractivity contribution in [3.05, 3.63) is 12.7 Å². The standard InChI is InChI=1S/C18H30O6/c1-3-5-10-13-18(17(22)23,24-16(21)4-2)14-11-8-6-7-9-12-15(19)20/h4H,2-3,5-14H2,1H3,(H,19,20)(H,22,23). The van der Waals surface area contributed by atoms with Crippen molar-refractivity contribution in [2.24, 2.45) is 0 Å². The number of carboxylic acid groups (broad SMARTS) is 2. The van der Waals surface area contributed by atoms with Crippen LogP contribution in [-0.2, 0) is 19.1 Å². The van der Waals surface area contributed by atoms with Crippen LogP contribution in [0.5, 0.6) is 0 Å². The minimum absolute atomic E-state index is 0.160. The molecule has 6 nitrogen and oxygen atoms in total. The Morgan fingerprint density at radius 1 is 0.958 bits per heavy atom. The van der Waals surface area contributed by atoms with Gasteiger partial charge in [-0.2, -0.15) is 0 Å². The molecular weight excluding hydrogens is 312 g/mol. The Bertz CT molecular complexity index is 418. The summed E-state index contributed by atoms with van der Waals surface area (Å²) in [6.45, 7) is 5.35. The molecule has 0 rings (SSSR count). The highest BCUT2D eigenvalue weighted by Gasteiger charge is 2.41. The van der Waals surface area contributed by atoms with Crippen molar-refractivity contribution in [1.82, 2.24) is 0 Å². The predicted octanol–water partition coefficient (Wildman–Crippen LogP) is 3.93. The van der Waals surface area contributed by atoms with Gasteiger partial charge in [-0.05, 0) is 32.1 Å². The lowest BCUT2D eigenvalue weighted by molar-refractivity contribution is -0.177. The fourth-order valence-electron chi connectivity index (χ4n) is 2.60. The van der Waals surface area contributed by atoms with Crippen LogP contribution in [0.25, 0.3) is 0 Å². The lowest BCUT2D eigenvalue weighted by Gasteiger charge is -2.29. The molecule has 0 saturated carbocycles. The molecule has 2 N–H and O–H groups in total. The quantitative estimate of drug-likeness (QED) is 0.266. The Labute approximate surface area is 143 Å². The molecule has 0 saturated heterocycles. The van der Waals surface area contributed by atoms with Crippen molar-refractivity contribution < 1.29 is 29.3 Å². The minimum Gasteiger partial charge on any atom is -0.481 e. The zero-order chi connectivity index (χ0) is 18.4. The summed E-state index contributed by atoms with van der Waals surface area (Å²) in [4.78, 5) is 33.7. The molecule has 0 radical (unpaired) electrons. The predicted molar refractivity (Wildman–Crippen MR) is 90.8 cm³/mol. The summed E-state index contributed by atoms with van der Waals surface area (Å²) in [5.41, 5.74) is -1.48.